The van der Waals surface area contributed by atoms with Gasteiger partial charge in [-0.25, -0.2) is 0 Å². The van der Waals surface area contributed by atoms with E-state index in [2.05, 4.69) is 0 Å². The lowest BCUT2D eigenvalue weighted by Gasteiger charge is -2.21. The number of benzene rings is 1. The van der Waals surface area contributed by atoms with Crippen LogP contribution in [0.15, 0.2) is 18.3 Å². The molecule has 68 valence electrons. The Morgan fingerprint density at radius 3 is 2.38 bits per heavy atom. The molecular weight excluding hydrogens is 166 g/mol. The highest BCUT2D eigenvalue weighted by Gasteiger charge is 2.26. The van der Waals surface area contributed by atoms with Gasteiger partial charge < -0.3 is 10.2 Å². The van der Waals surface area contributed by atoms with Crippen LogP contribution in [0.2, 0.25) is 0 Å². The lowest BCUT2D eigenvalue weighted by Crippen LogP contribution is -2.31. The minimum absolute atomic E-state index is 0.0614. The number of phenols is 2. The predicted octanol–water partition coefficient (Wildman–Crippen LogP) is 1.65. The van der Waals surface area contributed by atoms with Crippen LogP contribution in [-0.4, -0.2) is 24.3 Å². The molecule has 0 atom stereocenters. The van der Waals surface area contributed by atoms with Gasteiger partial charge >= 0.3 is 0 Å². The first-order chi connectivity index (χ1) is 6.00. The number of aromatic hydroxyl groups is 2. The van der Waals surface area contributed by atoms with Crippen LogP contribution in [0, 0.1) is 0 Å². The monoisotopic (exact) mass is 178 g/mol. The molecule has 0 amide bonds. The predicted molar refractivity (Wildman–Crippen MR) is 52.4 cm³/mol. The SMILES string of the molecule is C[N+]1(C)C=Cc2cc(O)c(O)cc21. The summed E-state index contributed by atoms with van der Waals surface area (Å²) in [4.78, 5) is 0. The number of rotatable bonds is 0. The highest BCUT2D eigenvalue weighted by Crippen LogP contribution is 2.39. The van der Waals surface area contributed by atoms with Crippen molar-refractivity contribution in [3.8, 4) is 11.5 Å². The van der Waals surface area contributed by atoms with Gasteiger partial charge in [0.25, 0.3) is 0 Å². The van der Waals surface area contributed by atoms with Gasteiger partial charge in [0.2, 0.25) is 0 Å². The Hall–Kier alpha value is -1.48. The smallest absolute Gasteiger partial charge is 0.163 e. The van der Waals surface area contributed by atoms with E-state index in [1.807, 2.05) is 26.4 Å². The largest absolute Gasteiger partial charge is 0.504 e. The highest BCUT2D eigenvalue weighted by molar-refractivity contribution is 5.76. The maximum absolute atomic E-state index is 9.33. The lowest BCUT2D eigenvalue weighted by molar-refractivity contribution is 0.402. The molecule has 1 aliphatic rings. The van der Waals surface area contributed by atoms with Gasteiger partial charge in [0.1, 0.15) is 11.9 Å². The number of hydrogen-bond acceptors (Lipinski definition) is 2. The van der Waals surface area contributed by atoms with Gasteiger partial charge in [0, 0.05) is 17.7 Å². The number of hydrogen-bond donors (Lipinski definition) is 2. The second-order valence-electron chi connectivity index (χ2n) is 3.76. The van der Waals surface area contributed by atoms with Crippen molar-refractivity contribution in [1.29, 1.82) is 0 Å². The summed E-state index contributed by atoms with van der Waals surface area (Å²) in [6, 6.07) is 3.18. The topological polar surface area (TPSA) is 40.5 Å². The number of quaternary nitrogens is 1. The molecule has 0 spiro atoms. The Labute approximate surface area is 76.8 Å². The molecule has 0 aliphatic carbocycles. The zero-order chi connectivity index (χ0) is 9.64. The molecule has 0 aromatic heterocycles. The van der Waals surface area contributed by atoms with Gasteiger partial charge in [-0.2, -0.15) is 0 Å². The van der Waals surface area contributed by atoms with Crippen molar-refractivity contribution >= 4 is 11.8 Å². The summed E-state index contributed by atoms with van der Waals surface area (Å²) in [5.74, 6) is -0.126. The summed E-state index contributed by atoms with van der Waals surface area (Å²) in [7, 11) is 4.03. The fourth-order valence-electron chi connectivity index (χ4n) is 1.56. The molecule has 0 unspecified atom stereocenters. The summed E-state index contributed by atoms with van der Waals surface area (Å²) in [5.41, 5.74) is 1.95. The highest BCUT2D eigenvalue weighted by atomic mass is 16.3. The molecule has 3 heteroatoms. The molecule has 2 rings (SSSR count). The Bertz CT molecular complexity index is 394. The van der Waals surface area contributed by atoms with E-state index in [0.717, 1.165) is 11.3 Å². The van der Waals surface area contributed by atoms with Crippen molar-refractivity contribution in [3.63, 3.8) is 0 Å². The van der Waals surface area contributed by atoms with E-state index in [-0.39, 0.29) is 11.5 Å². The van der Waals surface area contributed by atoms with E-state index in [1.54, 1.807) is 12.1 Å². The van der Waals surface area contributed by atoms with Crippen LogP contribution in [0.4, 0.5) is 5.69 Å². The fourth-order valence-corrected chi connectivity index (χ4v) is 1.56. The minimum Gasteiger partial charge on any atom is -0.504 e. The van der Waals surface area contributed by atoms with E-state index in [9.17, 15) is 10.2 Å². The maximum atomic E-state index is 9.33. The van der Waals surface area contributed by atoms with Crippen LogP contribution in [0.25, 0.3) is 6.08 Å². The van der Waals surface area contributed by atoms with Crippen LogP contribution in [-0.2, 0) is 0 Å². The van der Waals surface area contributed by atoms with Crippen LogP contribution < -0.4 is 4.48 Å². The molecule has 0 bridgehead atoms. The maximum Gasteiger partial charge on any atom is 0.163 e. The molecule has 0 radical (unpaired) electrons. The van der Waals surface area contributed by atoms with Crippen molar-refractivity contribution < 1.29 is 10.2 Å². The lowest BCUT2D eigenvalue weighted by atomic mass is 10.1. The van der Waals surface area contributed by atoms with E-state index in [1.165, 1.54) is 0 Å². The van der Waals surface area contributed by atoms with Crippen LogP contribution in [0.1, 0.15) is 5.56 Å². The molecule has 0 saturated carbocycles. The Kier molecular flexibility index (Phi) is 1.42. The molecule has 3 nitrogen and oxygen atoms in total. The molecule has 13 heavy (non-hydrogen) atoms. The first-order valence-corrected chi connectivity index (χ1v) is 4.10. The van der Waals surface area contributed by atoms with Crippen molar-refractivity contribution in [2.45, 2.75) is 0 Å². The standard InChI is InChI=1S/C10H11NO2/c1-11(2)4-3-7-5-9(12)10(13)6-8(7)11/h3-6H,1-2H3,(H-,12,13)/p+1. The van der Waals surface area contributed by atoms with E-state index in [4.69, 9.17) is 0 Å². The second kappa shape index (κ2) is 2.26. The van der Waals surface area contributed by atoms with E-state index in [0.29, 0.717) is 4.48 Å². The van der Waals surface area contributed by atoms with E-state index < -0.39 is 0 Å². The molecule has 2 N–H and O–H groups in total. The van der Waals surface area contributed by atoms with Gasteiger partial charge in [-0.15, -0.1) is 0 Å². The van der Waals surface area contributed by atoms with Crippen LogP contribution >= 0.6 is 0 Å². The fraction of sp³-hybridized carbons (Fsp3) is 0.200. The zero-order valence-electron chi connectivity index (χ0n) is 7.65. The van der Waals surface area contributed by atoms with Crippen molar-refractivity contribution in [1.82, 2.24) is 4.48 Å². The Morgan fingerprint density at radius 2 is 1.69 bits per heavy atom. The molecular formula is C10H12NO2+. The quantitative estimate of drug-likeness (QED) is 0.468. The third-order valence-corrected chi connectivity index (χ3v) is 2.37. The van der Waals surface area contributed by atoms with Gasteiger partial charge in [-0.3, -0.25) is 4.48 Å². The normalized spacial score (nSPS) is 17.4. The summed E-state index contributed by atoms with van der Waals surface area (Å²) < 4.78 is 0.600. The molecule has 1 aromatic rings. The van der Waals surface area contributed by atoms with E-state index >= 15 is 0 Å². The van der Waals surface area contributed by atoms with Crippen LogP contribution in [0.5, 0.6) is 11.5 Å². The van der Waals surface area contributed by atoms with Gasteiger partial charge in [-0.05, 0) is 6.07 Å². The number of phenolic OH excluding ortho intramolecular Hbond substituents is 2. The molecule has 0 saturated heterocycles. The third-order valence-electron chi connectivity index (χ3n) is 2.37. The molecule has 1 aliphatic heterocycles. The number of nitrogens with zero attached hydrogens (tertiary/aromatic N) is 1. The molecule has 1 aromatic carbocycles. The average Bonchev–Trinajstić information content (AvgIpc) is 2.31. The van der Waals surface area contributed by atoms with Crippen LogP contribution in [0.3, 0.4) is 0 Å². The van der Waals surface area contributed by atoms with Crippen molar-refractivity contribution in [2.24, 2.45) is 0 Å². The number of fused-ring (bicyclic) bond motifs is 1. The Morgan fingerprint density at radius 1 is 1.08 bits per heavy atom. The zero-order valence-corrected chi connectivity index (χ0v) is 7.65. The molecule has 1 heterocycles. The average molecular weight is 178 g/mol. The van der Waals surface area contributed by atoms with Gasteiger partial charge in [0.15, 0.2) is 11.5 Å². The summed E-state index contributed by atoms with van der Waals surface area (Å²) in [6.45, 7) is 0. The second-order valence-corrected chi connectivity index (χ2v) is 3.76. The van der Waals surface area contributed by atoms with Crippen molar-refractivity contribution in [2.75, 3.05) is 14.1 Å². The summed E-state index contributed by atoms with van der Waals surface area (Å²) in [5, 5.41) is 18.6. The first-order valence-electron chi connectivity index (χ1n) is 4.10. The first kappa shape index (κ1) is 8.13. The minimum atomic E-state index is -0.0645. The van der Waals surface area contributed by atoms with Crippen molar-refractivity contribution in [3.05, 3.63) is 23.9 Å². The van der Waals surface area contributed by atoms with Gasteiger partial charge in [-0.1, -0.05) is 0 Å². The van der Waals surface area contributed by atoms with Gasteiger partial charge in [0.05, 0.1) is 14.1 Å². The summed E-state index contributed by atoms with van der Waals surface area (Å²) >= 11 is 0. The summed E-state index contributed by atoms with van der Waals surface area (Å²) in [6.07, 6.45) is 3.94. The third kappa shape index (κ3) is 1.09. The Balaban J connectivity index is 2.66. The molecule has 0 fully saturated rings.